The average Bonchev–Trinajstić information content (AvgIpc) is 2.79. The number of aryl methyl sites for hydroxylation is 1. The van der Waals surface area contributed by atoms with Gasteiger partial charge in [-0.15, -0.1) is 0 Å². The molecule has 0 unspecified atom stereocenters. The van der Waals surface area contributed by atoms with E-state index in [2.05, 4.69) is 4.98 Å². The van der Waals surface area contributed by atoms with Crippen LogP contribution in [-0.2, 0) is 4.74 Å². The SMILES string of the molecule is Cc1cc([C@H]2CCCN2C(=O)OC(C)(C)C)cnc1Cl. The highest BCUT2D eigenvalue weighted by atomic mass is 35.5. The molecule has 0 bridgehead atoms. The number of likely N-dealkylation sites (tertiary alicyclic amines) is 1. The van der Waals surface area contributed by atoms with Crippen molar-refractivity contribution in [3.05, 3.63) is 28.5 Å². The highest BCUT2D eigenvalue weighted by molar-refractivity contribution is 6.30. The van der Waals surface area contributed by atoms with Gasteiger partial charge in [-0.2, -0.15) is 0 Å². The van der Waals surface area contributed by atoms with Gasteiger partial charge in [0.15, 0.2) is 0 Å². The van der Waals surface area contributed by atoms with Gasteiger partial charge in [-0.05, 0) is 57.7 Å². The highest BCUT2D eigenvalue weighted by Crippen LogP contribution is 2.33. The lowest BCUT2D eigenvalue weighted by Gasteiger charge is -2.28. The molecule has 1 aliphatic rings. The molecular weight excluding hydrogens is 276 g/mol. The maximum Gasteiger partial charge on any atom is 0.410 e. The minimum atomic E-state index is -0.474. The summed E-state index contributed by atoms with van der Waals surface area (Å²) in [5, 5.41) is 0.510. The van der Waals surface area contributed by atoms with Gasteiger partial charge in [0.05, 0.1) is 6.04 Å². The summed E-state index contributed by atoms with van der Waals surface area (Å²) in [6.07, 6.45) is 3.41. The molecule has 0 radical (unpaired) electrons. The number of carbonyl (C=O) groups excluding carboxylic acids is 1. The third kappa shape index (κ3) is 3.42. The zero-order chi connectivity index (χ0) is 14.9. The first-order chi connectivity index (χ1) is 9.28. The fourth-order valence-electron chi connectivity index (χ4n) is 2.41. The van der Waals surface area contributed by atoms with Crippen LogP contribution in [-0.4, -0.2) is 28.1 Å². The van der Waals surface area contributed by atoms with E-state index in [9.17, 15) is 4.79 Å². The number of nitrogens with zero attached hydrogens (tertiary/aromatic N) is 2. The predicted molar refractivity (Wildman–Crippen MR) is 78.9 cm³/mol. The Morgan fingerprint density at radius 3 is 2.80 bits per heavy atom. The number of hydrogen-bond donors (Lipinski definition) is 0. The van der Waals surface area contributed by atoms with Crippen molar-refractivity contribution in [1.82, 2.24) is 9.88 Å². The fourth-order valence-corrected chi connectivity index (χ4v) is 2.52. The van der Waals surface area contributed by atoms with E-state index in [4.69, 9.17) is 16.3 Å². The molecule has 1 aromatic rings. The summed E-state index contributed by atoms with van der Waals surface area (Å²) in [4.78, 5) is 18.2. The molecule has 0 spiro atoms. The molecule has 0 saturated carbocycles. The Kier molecular flexibility index (Phi) is 4.23. The average molecular weight is 297 g/mol. The largest absolute Gasteiger partial charge is 0.444 e. The Labute approximate surface area is 125 Å². The molecule has 5 heteroatoms. The zero-order valence-corrected chi connectivity index (χ0v) is 13.2. The van der Waals surface area contributed by atoms with E-state index in [-0.39, 0.29) is 12.1 Å². The van der Waals surface area contributed by atoms with Crippen molar-refractivity contribution in [2.75, 3.05) is 6.54 Å². The molecule has 1 saturated heterocycles. The zero-order valence-electron chi connectivity index (χ0n) is 12.4. The molecule has 2 heterocycles. The van der Waals surface area contributed by atoms with Crippen molar-refractivity contribution in [2.24, 2.45) is 0 Å². The van der Waals surface area contributed by atoms with Gasteiger partial charge < -0.3 is 9.64 Å². The maximum absolute atomic E-state index is 12.3. The maximum atomic E-state index is 12.3. The number of ether oxygens (including phenoxy) is 1. The van der Waals surface area contributed by atoms with Crippen molar-refractivity contribution in [1.29, 1.82) is 0 Å². The molecule has 0 aromatic carbocycles. The van der Waals surface area contributed by atoms with E-state index >= 15 is 0 Å². The van der Waals surface area contributed by atoms with Crippen molar-refractivity contribution in [3.63, 3.8) is 0 Å². The Morgan fingerprint density at radius 2 is 2.20 bits per heavy atom. The molecule has 20 heavy (non-hydrogen) atoms. The topological polar surface area (TPSA) is 42.4 Å². The van der Waals surface area contributed by atoms with Crippen molar-refractivity contribution in [3.8, 4) is 0 Å². The van der Waals surface area contributed by atoms with Crippen LogP contribution >= 0.6 is 11.6 Å². The van der Waals surface area contributed by atoms with Crippen LogP contribution in [0.15, 0.2) is 12.3 Å². The molecule has 110 valence electrons. The number of aromatic nitrogens is 1. The van der Waals surface area contributed by atoms with Crippen LogP contribution in [0.4, 0.5) is 4.79 Å². The third-order valence-electron chi connectivity index (χ3n) is 3.30. The van der Waals surface area contributed by atoms with Crippen LogP contribution in [0.2, 0.25) is 5.15 Å². The van der Waals surface area contributed by atoms with Crippen LogP contribution in [0.5, 0.6) is 0 Å². The molecule has 1 amide bonds. The summed E-state index contributed by atoms with van der Waals surface area (Å²) in [5.74, 6) is 0. The minimum Gasteiger partial charge on any atom is -0.444 e. The molecule has 4 nitrogen and oxygen atoms in total. The first kappa shape index (κ1) is 15.1. The number of carbonyl (C=O) groups is 1. The van der Waals surface area contributed by atoms with Gasteiger partial charge in [0.2, 0.25) is 0 Å². The van der Waals surface area contributed by atoms with E-state index in [0.717, 1.165) is 30.5 Å². The standard InChI is InChI=1S/C15H21ClN2O2/c1-10-8-11(9-17-13(10)16)12-6-5-7-18(12)14(19)20-15(2,3)4/h8-9,12H,5-7H2,1-4H3/t12-/m1/s1. The predicted octanol–water partition coefficient (Wildman–Crippen LogP) is 4.12. The van der Waals surface area contributed by atoms with Gasteiger partial charge in [-0.3, -0.25) is 0 Å². The number of rotatable bonds is 1. The lowest BCUT2D eigenvalue weighted by Crippen LogP contribution is -2.36. The van der Waals surface area contributed by atoms with E-state index in [1.165, 1.54) is 0 Å². The normalized spacial score (nSPS) is 19.2. The summed E-state index contributed by atoms with van der Waals surface area (Å²) in [7, 11) is 0. The first-order valence-corrected chi connectivity index (χ1v) is 7.27. The molecule has 0 N–H and O–H groups in total. The van der Waals surface area contributed by atoms with Crippen molar-refractivity contribution < 1.29 is 9.53 Å². The smallest absolute Gasteiger partial charge is 0.410 e. The van der Waals surface area contributed by atoms with Gasteiger partial charge in [-0.25, -0.2) is 9.78 Å². The minimum absolute atomic E-state index is 0.0355. The van der Waals surface area contributed by atoms with Crippen LogP contribution < -0.4 is 0 Å². The van der Waals surface area contributed by atoms with Gasteiger partial charge in [0, 0.05) is 12.7 Å². The fraction of sp³-hybridized carbons (Fsp3) is 0.600. The second-order valence-electron chi connectivity index (χ2n) is 6.21. The Balaban J connectivity index is 2.18. The van der Waals surface area contributed by atoms with E-state index in [1.54, 1.807) is 11.1 Å². The summed E-state index contributed by atoms with van der Waals surface area (Å²) in [6, 6.07) is 2.04. The van der Waals surface area contributed by atoms with Gasteiger partial charge in [0.1, 0.15) is 10.8 Å². The Morgan fingerprint density at radius 1 is 1.50 bits per heavy atom. The Hall–Kier alpha value is -1.29. The number of halogens is 1. The molecule has 1 aliphatic heterocycles. The summed E-state index contributed by atoms with van der Waals surface area (Å²) >= 11 is 5.96. The molecule has 0 aliphatic carbocycles. The number of amides is 1. The van der Waals surface area contributed by atoms with Gasteiger partial charge >= 0.3 is 6.09 Å². The third-order valence-corrected chi connectivity index (χ3v) is 3.70. The second-order valence-corrected chi connectivity index (χ2v) is 6.57. The number of hydrogen-bond acceptors (Lipinski definition) is 3. The molecule has 1 aromatic heterocycles. The van der Waals surface area contributed by atoms with Crippen LogP contribution in [0.25, 0.3) is 0 Å². The van der Waals surface area contributed by atoms with Gasteiger partial charge in [-0.1, -0.05) is 11.6 Å². The highest BCUT2D eigenvalue weighted by Gasteiger charge is 2.33. The van der Waals surface area contributed by atoms with E-state index < -0.39 is 5.60 Å². The van der Waals surface area contributed by atoms with Crippen LogP contribution in [0.3, 0.4) is 0 Å². The molecule has 1 fully saturated rings. The number of pyridine rings is 1. The molecule has 1 atom stereocenters. The monoisotopic (exact) mass is 296 g/mol. The Bertz CT molecular complexity index is 511. The second kappa shape index (κ2) is 5.60. The van der Waals surface area contributed by atoms with Crippen LogP contribution in [0.1, 0.15) is 50.8 Å². The summed E-state index contributed by atoms with van der Waals surface area (Å²) in [5.41, 5.74) is 1.48. The van der Waals surface area contributed by atoms with Crippen molar-refractivity contribution in [2.45, 2.75) is 52.2 Å². The first-order valence-electron chi connectivity index (χ1n) is 6.89. The summed E-state index contributed by atoms with van der Waals surface area (Å²) in [6.45, 7) is 8.28. The van der Waals surface area contributed by atoms with Crippen molar-refractivity contribution >= 4 is 17.7 Å². The van der Waals surface area contributed by atoms with E-state index in [1.807, 2.05) is 33.8 Å². The van der Waals surface area contributed by atoms with E-state index in [0.29, 0.717) is 5.15 Å². The lowest BCUT2D eigenvalue weighted by molar-refractivity contribution is 0.0224. The molecule has 2 rings (SSSR count). The quantitative estimate of drug-likeness (QED) is 0.732. The summed E-state index contributed by atoms with van der Waals surface area (Å²) < 4.78 is 5.47. The lowest BCUT2D eigenvalue weighted by atomic mass is 10.1. The molecular formula is C15H21ClN2O2. The van der Waals surface area contributed by atoms with Gasteiger partial charge in [0.25, 0.3) is 0 Å². The van der Waals surface area contributed by atoms with Crippen LogP contribution in [0, 0.1) is 6.92 Å².